The van der Waals surface area contributed by atoms with E-state index in [0.29, 0.717) is 12.8 Å². The first-order chi connectivity index (χ1) is 24.9. The molecule has 1 unspecified atom stereocenters. The van der Waals surface area contributed by atoms with E-state index in [1.54, 1.807) is 18.2 Å². The van der Waals surface area contributed by atoms with E-state index in [0.717, 1.165) is 44.1 Å². The molecule has 0 fully saturated rings. The molecule has 0 radical (unpaired) electrons. The van der Waals surface area contributed by atoms with E-state index in [2.05, 4.69) is 13.8 Å². The van der Waals surface area contributed by atoms with Crippen molar-refractivity contribution in [2.45, 2.75) is 245 Å². The van der Waals surface area contributed by atoms with Crippen LogP contribution in [0.3, 0.4) is 0 Å². The molecule has 1 rings (SSSR count). The van der Waals surface area contributed by atoms with E-state index in [1.807, 2.05) is 0 Å². The van der Waals surface area contributed by atoms with Gasteiger partial charge in [0.1, 0.15) is 11.4 Å². The molecule has 1 aromatic rings. The maximum absolute atomic E-state index is 12.3. The number of phenols is 1. The summed E-state index contributed by atoms with van der Waals surface area (Å²) < 4.78 is 18.2. The van der Waals surface area contributed by atoms with Gasteiger partial charge >= 0.3 is 8.25 Å². The maximum Gasteiger partial charge on any atom is 0.317 e. The summed E-state index contributed by atoms with van der Waals surface area (Å²) in [6.07, 6.45) is 42.8. The van der Waals surface area contributed by atoms with Crippen molar-refractivity contribution in [2.75, 3.05) is 0 Å². The molecule has 6 heteroatoms. The number of unbranched alkanes of at least 4 members (excludes halogenated alkanes) is 30. The van der Waals surface area contributed by atoms with Gasteiger partial charge in [0.05, 0.1) is 5.56 Å². The molecule has 0 aromatic heterocycles. The Bertz CT molecular complexity index is 943. The molecular weight excluding hydrogens is 651 g/mol. The molecule has 0 aliphatic rings. The minimum absolute atomic E-state index is 0.0541. The molecule has 0 heterocycles. The van der Waals surface area contributed by atoms with Crippen molar-refractivity contribution in [1.29, 1.82) is 0 Å². The molecule has 298 valence electrons. The molecule has 0 saturated carbocycles. The van der Waals surface area contributed by atoms with Crippen LogP contribution in [0, 0.1) is 0 Å². The monoisotopic (exact) mass is 735 g/mol. The summed E-state index contributed by atoms with van der Waals surface area (Å²) in [5.74, 6) is -0.272. The van der Waals surface area contributed by atoms with Gasteiger partial charge in [0.15, 0.2) is 5.78 Å². The first kappa shape index (κ1) is 47.9. The smallest absolute Gasteiger partial charge is 0.317 e. The van der Waals surface area contributed by atoms with Crippen molar-refractivity contribution in [3.63, 3.8) is 0 Å². The zero-order valence-electron chi connectivity index (χ0n) is 33.9. The van der Waals surface area contributed by atoms with Gasteiger partial charge < -0.3 is 10.00 Å². The van der Waals surface area contributed by atoms with Crippen LogP contribution in [0.4, 0.5) is 0 Å². The number of hydrogen-bond donors (Lipinski definition) is 2. The Kier molecular flexibility index (Phi) is 31.4. The van der Waals surface area contributed by atoms with Gasteiger partial charge in [0.25, 0.3) is 0 Å². The molecule has 0 spiro atoms. The number of phenolic OH excluding ortho intramolecular Hbond substituents is 1. The second-order valence-electron chi connectivity index (χ2n) is 15.8. The second-order valence-corrected chi connectivity index (χ2v) is 16.5. The van der Waals surface area contributed by atoms with Crippen molar-refractivity contribution in [1.82, 2.24) is 0 Å². The SMILES string of the molecule is CCCCCCCCCCCCCCCCCCC(CCCCCCCCCCCCCCCCCC)(O[PH](=O)O)c1ccc(O)c(C(C)=O)c1. The molecule has 2 N–H and O–H groups in total. The van der Waals surface area contributed by atoms with Gasteiger partial charge in [-0.25, -0.2) is 0 Å². The largest absolute Gasteiger partial charge is 0.507 e. The predicted molar refractivity (Wildman–Crippen MR) is 220 cm³/mol. The number of Topliss-reactive ketones (excluding diaryl/α,β-unsaturated/α-hetero) is 1. The van der Waals surface area contributed by atoms with E-state index < -0.39 is 13.9 Å². The molecular formula is C45H83O5P. The Morgan fingerprint density at radius 3 is 1.12 bits per heavy atom. The fourth-order valence-electron chi connectivity index (χ4n) is 7.76. The summed E-state index contributed by atoms with van der Waals surface area (Å²) in [6.45, 7) is 6.00. The number of aromatic hydroxyl groups is 1. The highest BCUT2D eigenvalue weighted by Crippen LogP contribution is 2.44. The highest BCUT2D eigenvalue weighted by molar-refractivity contribution is 7.32. The molecule has 5 nitrogen and oxygen atoms in total. The van der Waals surface area contributed by atoms with Crippen LogP contribution in [-0.2, 0) is 14.7 Å². The molecule has 0 bridgehead atoms. The Morgan fingerprint density at radius 1 is 0.549 bits per heavy atom. The number of hydrogen-bond acceptors (Lipinski definition) is 4. The predicted octanol–water partition coefficient (Wildman–Crippen LogP) is 15.5. The van der Waals surface area contributed by atoms with Crippen LogP contribution in [0.2, 0.25) is 0 Å². The standard InChI is InChI=1S/C45H83O5P/c1-4-6-8-10-12-14-16-18-20-22-24-26-28-30-32-34-38-45(50-51(48)49,42-36-37-44(47)43(40-42)41(3)46)39-35-33-31-29-27-25-23-21-19-17-15-13-11-9-7-5-2/h36-37,40,47,51H,4-35,38-39H2,1-3H3,(H,48,49). The summed E-state index contributed by atoms with van der Waals surface area (Å²) in [5, 5.41) is 10.3. The lowest BCUT2D eigenvalue weighted by molar-refractivity contribution is 0.0379. The third-order valence-electron chi connectivity index (χ3n) is 11.1. The zero-order valence-corrected chi connectivity index (χ0v) is 34.9. The minimum Gasteiger partial charge on any atom is -0.507 e. The van der Waals surface area contributed by atoms with E-state index in [4.69, 9.17) is 4.52 Å². The van der Waals surface area contributed by atoms with E-state index in [1.165, 1.54) is 174 Å². The third-order valence-corrected chi connectivity index (χ3v) is 11.6. The van der Waals surface area contributed by atoms with Crippen molar-refractivity contribution in [3.05, 3.63) is 29.3 Å². The van der Waals surface area contributed by atoms with Crippen LogP contribution >= 0.6 is 8.25 Å². The normalized spacial score (nSPS) is 12.5. The van der Waals surface area contributed by atoms with Crippen molar-refractivity contribution in [2.24, 2.45) is 0 Å². The van der Waals surface area contributed by atoms with Gasteiger partial charge in [-0.15, -0.1) is 0 Å². The lowest BCUT2D eigenvalue weighted by Gasteiger charge is -2.34. The number of ketones is 1. The molecule has 0 aliphatic carbocycles. The molecule has 0 aliphatic heterocycles. The highest BCUT2D eigenvalue weighted by Gasteiger charge is 2.35. The van der Waals surface area contributed by atoms with Gasteiger partial charge in [-0.3, -0.25) is 13.9 Å². The first-order valence-electron chi connectivity index (χ1n) is 22.1. The van der Waals surface area contributed by atoms with E-state index >= 15 is 0 Å². The lowest BCUT2D eigenvalue weighted by Crippen LogP contribution is -2.28. The van der Waals surface area contributed by atoms with Gasteiger partial charge in [0.2, 0.25) is 0 Å². The summed E-state index contributed by atoms with van der Waals surface area (Å²) in [7, 11) is -3.22. The molecule has 0 amide bonds. The number of carbonyl (C=O) groups is 1. The molecule has 1 aromatic carbocycles. The number of rotatable bonds is 38. The summed E-state index contributed by atoms with van der Waals surface area (Å²) in [5.41, 5.74) is 0.0613. The first-order valence-corrected chi connectivity index (χ1v) is 23.4. The molecule has 51 heavy (non-hydrogen) atoms. The molecule has 1 atom stereocenters. The maximum atomic E-state index is 12.3. The van der Waals surface area contributed by atoms with Gasteiger partial charge in [-0.2, -0.15) is 0 Å². The van der Waals surface area contributed by atoms with E-state index in [-0.39, 0.29) is 17.1 Å². The van der Waals surface area contributed by atoms with E-state index in [9.17, 15) is 19.4 Å². The van der Waals surface area contributed by atoms with Crippen molar-refractivity contribution < 1.29 is 23.9 Å². The van der Waals surface area contributed by atoms with Crippen molar-refractivity contribution in [3.8, 4) is 5.75 Å². The van der Waals surface area contributed by atoms with Crippen LogP contribution in [0.5, 0.6) is 5.75 Å². The van der Waals surface area contributed by atoms with Crippen molar-refractivity contribution >= 4 is 14.0 Å². The Hall–Kier alpha value is -1.16. The number of benzene rings is 1. The average molecular weight is 735 g/mol. The quantitative estimate of drug-likeness (QED) is 0.0401. The van der Waals surface area contributed by atoms with Gasteiger partial charge in [-0.1, -0.05) is 225 Å². The summed E-state index contributed by atoms with van der Waals surface area (Å²) in [4.78, 5) is 22.4. The number of carbonyl (C=O) groups excluding carboxylic acids is 1. The van der Waals surface area contributed by atoms with Crippen LogP contribution < -0.4 is 0 Å². The van der Waals surface area contributed by atoms with Crippen LogP contribution in [-0.4, -0.2) is 15.8 Å². The fourth-order valence-corrected chi connectivity index (χ4v) is 8.42. The molecule has 0 saturated heterocycles. The highest BCUT2D eigenvalue weighted by atomic mass is 31.1. The van der Waals surface area contributed by atoms with Gasteiger partial charge in [-0.05, 0) is 37.5 Å². The Balaban J connectivity index is 2.45. The van der Waals surface area contributed by atoms with Crippen LogP contribution in [0.25, 0.3) is 0 Å². The average Bonchev–Trinajstić information content (AvgIpc) is 3.11. The van der Waals surface area contributed by atoms with Crippen LogP contribution in [0.15, 0.2) is 18.2 Å². The summed E-state index contributed by atoms with van der Waals surface area (Å²) >= 11 is 0. The van der Waals surface area contributed by atoms with Gasteiger partial charge in [0, 0.05) is 0 Å². The second kappa shape index (κ2) is 33.4. The topological polar surface area (TPSA) is 83.8 Å². The Morgan fingerprint density at radius 2 is 0.843 bits per heavy atom. The van der Waals surface area contributed by atoms with Crippen LogP contribution in [0.1, 0.15) is 255 Å². The third kappa shape index (κ3) is 25.5. The fraction of sp³-hybridized carbons (Fsp3) is 0.844. The zero-order chi connectivity index (χ0) is 37.3. The summed E-state index contributed by atoms with van der Waals surface area (Å²) in [6, 6.07) is 5.02. The Labute approximate surface area is 316 Å². The lowest BCUT2D eigenvalue weighted by atomic mass is 9.82. The minimum atomic E-state index is -3.22.